The largest absolute Gasteiger partial charge is 0.493 e. The molecule has 8 nitrogen and oxygen atoms in total. The van der Waals surface area contributed by atoms with E-state index in [1.807, 2.05) is 18.2 Å². The molecule has 3 heterocycles. The minimum atomic E-state index is -0.205. The fourth-order valence-electron chi connectivity index (χ4n) is 7.40. The van der Waals surface area contributed by atoms with Crippen LogP contribution in [0.4, 0.5) is 0 Å². The second kappa shape index (κ2) is 18.1. The van der Waals surface area contributed by atoms with Crippen molar-refractivity contribution < 1.29 is 19.3 Å². The van der Waals surface area contributed by atoms with E-state index in [9.17, 15) is 10.4 Å². The number of ether oxygens (including phenoxy) is 3. The number of nitriles is 1. The number of aliphatic hydroxyl groups is 1. The van der Waals surface area contributed by atoms with E-state index in [1.165, 1.54) is 19.3 Å². The molecule has 52 heavy (non-hydrogen) atoms. The average molecular weight is 723 g/mol. The van der Waals surface area contributed by atoms with E-state index in [0.717, 1.165) is 96.7 Å². The normalized spacial score (nSPS) is 18.2. The first kappa shape index (κ1) is 37.6. The maximum atomic E-state index is 9.98. The number of rotatable bonds is 14. The van der Waals surface area contributed by atoms with E-state index < -0.39 is 0 Å². The van der Waals surface area contributed by atoms with Crippen molar-refractivity contribution in [2.75, 3.05) is 32.8 Å². The van der Waals surface area contributed by atoms with Crippen LogP contribution in [-0.2, 0) is 19.8 Å². The van der Waals surface area contributed by atoms with E-state index in [2.05, 4.69) is 72.0 Å². The third-order valence-corrected chi connectivity index (χ3v) is 10.8. The number of hydrogen-bond donors (Lipinski definition) is 1. The molecule has 2 saturated heterocycles. The van der Waals surface area contributed by atoms with Crippen LogP contribution in [0.15, 0.2) is 67.0 Å². The van der Waals surface area contributed by atoms with Gasteiger partial charge < -0.3 is 24.2 Å². The summed E-state index contributed by atoms with van der Waals surface area (Å²) in [6, 6.07) is 20.9. The molecule has 0 amide bonds. The van der Waals surface area contributed by atoms with E-state index >= 15 is 0 Å². The first-order chi connectivity index (χ1) is 25.3. The summed E-state index contributed by atoms with van der Waals surface area (Å²) in [6.07, 6.45) is 9.56. The number of aliphatic hydroxyl groups excluding tert-OH is 1. The van der Waals surface area contributed by atoms with Crippen molar-refractivity contribution in [3.8, 4) is 34.4 Å². The summed E-state index contributed by atoms with van der Waals surface area (Å²) in [7, 11) is 0. The van der Waals surface area contributed by atoms with E-state index in [-0.39, 0.29) is 12.7 Å². The fraction of sp³-hybridized carbons (Fsp3) is 0.442. The Morgan fingerprint density at radius 3 is 2.48 bits per heavy atom. The van der Waals surface area contributed by atoms with Crippen LogP contribution in [-0.4, -0.2) is 64.8 Å². The van der Waals surface area contributed by atoms with Gasteiger partial charge in [-0.25, -0.2) is 0 Å². The molecule has 0 bridgehead atoms. The third kappa shape index (κ3) is 9.64. The topological polar surface area (TPSA) is 91.1 Å². The van der Waals surface area contributed by atoms with E-state index in [0.29, 0.717) is 41.3 Å². The summed E-state index contributed by atoms with van der Waals surface area (Å²) in [4.78, 5) is 9.01. The number of hydrogen-bond acceptors (Lipinski definition) is 8. The van der Waals surface area contributed by atoms with Crippen LogP contribution in [0.2, 0.25) is 5.02 Å². The van der Waals surface area contributed by atoms with Gasteiger partial charge in [-0.1, -0.05) is 48.4 Å². The first-order valence-electron chi connectivity index (χ1n) is 18.7. The molecule has 6 rings (SSSR count). The number of nitrogens with zero attached hydrogens (tertiary/aromatic N) is 4. The molecule has 1 aromatic heterocycles. The average Bonchev–Trinajstić information content (AvgIpc) is 3.15. The highest BCUT2D eigenvalue weighted by atomic mass is 35.5. The molecule has 2 aliphatic heterocycles. The first-order valence-corrected chi connectivity index (χ1v) is 19.0. The number of halogens is 1. The Morgan fingerprint density at radius 2 is 1.67 bits per heavy atom. The quantitative estimate of drug-likeness (QED) is 0.129. The van der Waals surface area contributed by atoms with Crippen LogP contribution < -0.4 is 14.2 Å². The molecule has 9 heteroatoms. The van der Waals surface area contributed by atoms with E-state index in [4.69, 9.17) is 25.8 Å². The molecule has 2 atom stereocenters. The maximum Gasteiger partial charge on any atom is 0.142 e. The van der Waals surface area contributed by atoms with Gasteiger partial charge in [0.1, 0.15) is 36.5 Å². The summed E-state index contributed by atoms with van der Waals surface area (Å²) in [5.41, 5.74) is 7.92. The molecule has 3 aromatic carbocycles. The number of likely N-dealkylation sites (tertiary alicyclic amines) is 2. The smallest absolute Gasteiger partial charge is 0.142 e. The molecule has 0 saturated carbocycles. The lowest BCUT2D eigenvalue weighted by Crippen LogP contribution is -2.39. The van der Waals surface area contributed by atoms with Gasteiger partial charge in [0, 0.05) is 55.3 Å². The van der Waals surface area contributed by atoms with Gasteiger partial charge in [0.05, 0.1) is 23.3 Å². The van der Waals surface area contributed by atoms with Crippen molar-refractivity contribution >= 4 is 11.6 Å². The van der Waals surface area contributed by atoms with Crippen LogP contribution in [0.1, 0.15) is 78.8 Å². The highest BCUT2D eigenvalue weighted by Gasteiger charge is 2.22. The molecule has 274 valence electrons. The van der Waals surface area contributed by atoms with Crippen LogP contribution >= 0.6 is 11.6 Å². The molecule has 0 spiro atoms. The Kier molecular flexibility index (Phi) is 13.1. The number of β-amino-alcohol motifs (C(OH)–C–C–N with tert-alkyl or cyclic N) is 1. The van der Waals surface area contributed by atoms with Crippen LogP contribution in [0, 0.1) is 25.2 Å². The molecule has 0 aliphatic carbocycles. The summed E-state index contributed by atoms with van der Waals surface area (Å²) >= 11 is 6.91. The number of pyridine rings is 1. The second-order valence-corrected chi connectivity index (χ2v) is 14.7. The summed E-state index contributed by atoms with van der Waals surface area (Å²) in [6.45, 7) is 12.3. The predicted octanol–water partition coefficient (Wildman–Crippen LogP) is 8.65. The van der Waals surface area contributed by atoms with Crippen LogP contribution in [0.5, 0.6) is 17.2 Å². The minimum absolute atomic E-state index is 0.205. The van der Waals surface area contributed by atoms with Crippen molar-refractivity contribution in [2.45, 2.75) is 91.2 Å². The lowest BCUT2D eigenvalue weighted by Gasteiger charge is -2.33. The van der Waals surface area contributed by atoms with Gasteiger partial charge >= 0.3 is 0 Å². The Bertz CT molecular complexity index is 1860. The van der Waals surface area contributed by atoms with Crippen molar-refractivity contribution in [1.29, 1.82) is 5.26 Å². The van der Waals surface area contributed by atoms with Crippen molar-refractivity contribution in [3.05, 3.63) is 105 Å². The van der Waals surface area contributed by atoms with Gasteiger partial charge in [-0.2, -0.15) is 5.26 Å². The summed E-state index contributed by atoms with van der Waals surface area (Å²) < 4.78 is 19.1. The second-order valence-electron chi connectivity index (χ2n) is 14.3. The summed E-state index contributed by atoms with van der Waals surface area (Å²) in [5.74, 6) is 2.17. The standard InChI is InChI=1S/C43H51ClN4O4/c1-30-10-4-5-18-48(30)26-36-21-40(44)43(22-42(36)51-28-34-20-33(23-45)24-46-25-34)52-29-35-11-6-13-38(31(35)2)39-14-7-15-41(32(39)3)50-19-9-17-47-16-8-12-37(49)27-47/h6-7,11,13-15,20-22,24-25,30,37,49H,4-5,8-10,12,16-19,26-29H2,1-3H3/t30-,37+/m1/s1. The monoisotopic (exact) mass is 722 g/mol. The number of benzene rings is 3. The van der Waals surface area contributed by atoms with Gasteiger partial charge in [0.15, 0.2) is 0 Å². The van der Waals surface area contributed by atoms with Gasteiger partial charge in [0.25, 0.3) is 0 Å². The number of aromatic nitrogens is 1. The molecule has 1 N–H and O–H groups in total. The molecule has 0 radical (unpaired) electrons. The van der Waals surface area contributed by atoms with Gasteiger partial charge in [-0.3, -0.25) is 9.88 Å². The Morgan fingerprint density at radius 1 is 0.865 bits per heavy atom. The van der Waals surface area contributed by atoms with Gasteiger partial charge in [0.2, 0.25) is 0 Å². The fourth-order valence-corrected chi connectivity index (χ4v) is 7.64. The number of piperidine rings is 2. The molecular weight excluding hydrogens is 672 g/mol. The zero-order valence-corrected chi connectivity index (χ0v) is 31.5. The zero-order valence-electron chi connectivity index (χ0n) is 30.7. The van der Waals surface area contributed by atoms with Crippen LogP contribution in [0.25, 0.3) is 11.1 Å². The predicted molar refractivity (Wildman–Crippen MR) is 206 cm³/mol. The molecule has 2 fully saturated rings. The molecular formula is C43H51ClN4O4. The lowest BCUT2D eigenvalue weighted by atomic mass is 9.93. The Labute approximate surface area is 313 Å². The van der Waals surface area contributed by atoms with Crippen LogP contribution in [0.3, 0.4) is 0 Å². The Hall–Kier alpha value is -4.13. The van der Waals surface area contributed by atoms with Gasteiger partial charge in [-0.05, 0) is 112 Å². The highest BCUT2D eigenvalue weighted by Crippen LogP contribution is 2.37. The Balaban J connectivity index is 1.16. The minimum Gasteiger partial charge on any atom is -0.493 e. The summed E-state index contributed by atoms with van der Waals surface area (Å²) in [5, 5.41) is 19.9. The third-order valence-electron chi connectivity index (χ3n) is 10.5. The van der Waals surface area contributed by atoms with Crippen molar-refractivity contribution in [1.82, 2.24) is 14.8 Å². The zero-order chi connectivity index (χ0) is 36.5. The van der Waals surface area contributed by atoms with Crippen molar-refractivity contribution in [2.24, 2.45) is 0 Å². The van der Waals surface area contributed by atoms with Gasteiger partial charge in [-0.15, -0.1) is 0 Å². The molecule has 4 aromatic rings. The molecule has 2 aliphatic rings. The highest BCUT2D eigenvalue weighted by molar-refractivity contribution is 6.32. The van der Waals surface area contributed by atoms with E-state index in [1.54, 1.807) is 18.5 Å². The SMILES string of the molecule is Cc1c(COc2cc(OCc3cncc(C#N)c3)c(CN3CCCC[C@H]3C)cc2Cl)cccc1-c1cccc(OCCCN2CCC[C@H](O)C2)c1C. The maximum absolute atomic E-state index is 9.98. The van der Waals surface area contributed by atoms with Crippen molar-refractivity contribution in [3.63, 3.8) is 0 Å². The lowest BCUT2D eigenvalue weighted by molar-refractivity contribution is 0.0679. The molecule has 0 unspecified atom stereocenters.